The summed E-state index contributed by atoms with van der Waals surface area (Å²) < 4.78 is 5.27. The van der Waals surface area contributed by atoms with Crippen LogP contribution in [0.2, 0.25) is 5.02 Å². The van der Waals surface area contributed by atoms with Crippen molar-refractivity contribution >= 4 is 23.7 Å². The van der Waals surface area contributed by atoms with Crippen molar-refractivity contribution in [2.24, 2.45) is 0 Å². The van der Waals surface area contributed by atoms with Gasteiger partial charge in [-0.2, -0.15) is 0 Å². The second kappa shape index (κ2) is 4.72. The molecule has 0 fully saturated rings. The quantitative estimate of drug-likeness (QED) is 0.756. The molecule has 1 N–H and O–H groups in total. The van der Waals surface area contributed by atoms with Gasteiger partial charge in [0.2, 0.25) is 6.41 Å². The average molecular weight is 200 g/mol. The molecule has 13 heavy (non-hydrogen) atoms. The SMILES string of the molecule is CCOc1c(Cl)cccc1NC=O. The summed E-state index contributed by atoms with van der Waals surface area (Å²) in [6.45, 7) is 2.37. The molecule has 1 aromatic rings. The molecule has 0 atom stereocenters. The number of nitrogens with one attached hydrogen (secondary N) is 1. The molecule has 3 nitrogen and oxygen atoms in total. The topological polar surface area (TPSA) is 38.3 Å². The van der Waals surface area contributed by atoms with Crippen LogP contribution >= 0.6 is 11.6 Å². The van der Waals surface area contributed by atoms with Crippen molar-refractivity contribution in [3.05, 3.63) is 23.2 Å². The molecular weight excluding hydrogens is 190 g/mol. The molecule has 0 aromatic heterocycles. The zero-order chi connectivity index (χ0) is 9.68. The summed E-state index contributed by atoms with van der Waals surface area (Å²) in [6, 6.07) is 5.19. The number of hydrogen-bond donors (Lipinski definition) is 1. The van der Waals surface area contributed by atoms with Gasteiger partial charge in [-0.1, -0.05) is 17.7 Å². The van der Waals surface area contributed by atoms with Crippen LogP contribution in [0.25, 0.3) is 0 Å². The van der Waals surface area contributed by atoms with Gasteiger partial charge in [0.1, 0.15) is 0 Å². The molecule has 0 saturated carbocycles. The van der Waals surface area contributed by atoms with E-state index < -0.39 is 0 Å². The highest BCUT2D eigenvalue weighted by Gasteiger charge is 2.06. The van der Waals surface area contributed by atoms with E-state index in [9.17, 15) is 4.79 Å². The Morgan fingerprint density at radius 3 is 3.00 bits per heavy atom. The smallest absolute Gasteiger partial charge is 0.211 e. The number of anilines is 1. The first-order valence-electron chi connectivity index (χ1n) is 3.91. The van der Waals surface area contributed by atoms with Gasteiger partial charge >= 0.3 is 0 Å². The van der Waals surface area contributed by atoms with Crippen molar-refractivity contribution in [2.75, 3.05) is 11.9 Å². The first-order chi connectivity index (χ1) is 6.29. The second-order valence-electron chi connectivity index (χ2n) is 2.31. The van der Waals surface area contributed by atoms with E-state index in [0.717, 1.165) is 0 Å². The molecule has 0 heterocycles. The highest BCUT2D eigenvalue weighted by molar-refractivity contribution is 6.32. The summed E-state index contributed by atoms with van der Waals surface area (Å²) in [5.41, 5.74) is 0.587. The van der Waals surface area contributed by atoms with E-state index in [1.54, 1.807) is 18.2 Å². The molecule has 0 spiro atoms. The molecule has 0 saturated heterocycles. The minimum absolute atomic E-state index is 0.494. The molecule has 0 radical (unpaired) electrons. The van der Waals surface area contributed by atoms with Crippen LogP contribution in [-0.4, -0.2) is 13.0 Å². The van der Waals surface area contributed by atoms with Crippen molar-refractivity contribution < 1.29 is 9.53 Å². The number of amides is 1. The predicted molar refractivity (Wildman–Crippen MR) is 52.3 cm³/mol. The normalized spacial score (nSPS) is 9.38. The molecule has 1 rings (SSSR count). The lowest BCUT2D eigenvalue weighted by molar-refractivity contribution is -0.105. The number of halogens is 1. The summed E-state index contributed by atoms with van der Waals surface area (Å²) in [6.07, 6.45) is 0.591. The Morgan fingerprint density at radius 1 is 1.62 bits per heavy atom. The number of carbonyl (C=O) groups is 1. The van der Waals surface area contributed by atoms with Gasteiger partial charge < -0.3 is 10.1 Å². The van der Waals surface area contributed by atoms with E-state index in [4.69, 9.17) is 16.3 Å². The molecular formula is C9H10ClNO2. The van der Waals surface area contributed by atoms with Gasteiger partial charge in [0.25, 0.3) is 0 Å². The monoisotopic (exact) mass is 199 g/mol. The number of rotatable bonds is 4. The highest BCUT2D eigenvalue weighted by Crippen LogP contribution is 2.32. The van der Waals surface area contributed by atoms with E-state index in [2.05, 4.69) is 5.32 Å². The Hall–Kier alpha value is -1.22. The summed E-state index contributed by atoms with van der Waals surface area (Å²) in [4.78, 5) is 10.2. The maximum Gasteiger partial charge on any atom is 0.211 e. The van der Waals surface area contributed by atoms with Crippen molar-refractivity contribution in [1.82, 2.24) is 0 Å². The zero-order valence-corrected chi connectivity index (χ0v) is 7.97. The minimum atomic E-state index is 0.494. The van der Waals surface area contributed by atoms with Crippen LogP contribution in [-0.2, 0) is 4.79 Å². The lowest BCUT2D eigenvalue weighted by atomic mass is 10.3. The fourth-order valence-electron chi connectivity index (χ4n) is 0.977. The summed E-state index contributed by atoms with van der Waals surface area (Å²) in [7, 11) is 0. The number of hydrogen-bond acceptors (Lipinski definition) is 2. The van der Waals surface area contributed by atoms with Gasteiger partial charge in [-0.15, -0.1) is 0 Å². The lowest BCUT2D eigenvalue weighted by Gasteiger charge is -2.09. The van der Waals surface area contributed by atoms with Gasteiger partial charge in [-0.3, -0.25) is 4.79 Å². The number of ether oxygens (including phenoxy) is 1. The molecule has 1 amide bonds. The Kier molecular flexibility index (Phi) is 3.58. The number of benzene rings is 1. The number of para-hydroxylation sites is 1. The van der Waals surface area contributed by atoms with Gasteiger partial charge in [0, 0.05) is 0 Å². The third-order valence-electron chi connectivity index (χ3n) is 1.47. The Labute approximate surface area is 81.7 Å². The molecule has 0 aliphatic carbocycles. The predicted octanol–water partition coefficient (Wildman–Crippen LogP) is 2.31. The third kappa shape index (κ3) is 2.36. The number of carbonyl (C=O) groups excluding carboxylic acids is 1. The molecule has 0 unspecified atom stereocenters. The fourth-order valence-corrected chi connectivity index (χ4v) is 1.21. The van der Waals surface area contributed by atoms with E-state index in [1.165, 1.54) is 0 Å². The summed E-state index contributed by atoms with van der Waals surface area (Å²) in [5.74, 6) is 0.513. The third-order valence-corrected chi connectivity index (χ3v) is 1.77. The van der Waals surface area contributed by atoms with E-state index in [-0.39, 0.29) is 0 Å². The van der Waals surface area contributed by atoms with Crippen LogP contribution in [0.15, 0.2) is 18.2 Å². The summed E-state index contributed by atoms with van der Waals surface area (Å²) >= 11 is 5.86. The largest absolute Gasteiger partial charge is 0.490 e. The molecule has 0 aliphatic rings. The van der Waals surface area contributed by atoms with Crippen molar-refractivity contribution in [1.29, 1.82) is 0 Å². The van der Waals surface area contributed by atoms with Crippen molar-refractivity contribution in [2.45, 2.75) is 6.92 Å². The van der Waals surface area contributed by atoms with Crippen LogP contribution in [0.3, 0.4) is 0 Å². The standard InChI is InChI=1S/C9H10ClNO2/c1-2-13-9-7(10)4-3-5-8(9)11-6-12/h3-6H,2H2,1H3,(H,11,12). The minimum Gasteiger partial charge on any atom is -0.490 e. The van der Waals surface area contributed by atoms with Crippen LogP contribution < -0.4 is 10.1 Å². The second-order valence-corrected chi connectivity index (χ2v) is 2.72. The van der Waals surface area contributed by atoms with Crippen LogP contribution in [0, 0.1) is 0 Å². The van der Waals surface area contributed by atoms with Crippen LogP contribution in [0.5, 0.6) is 5.75 Å². The van der Waals surface area contributed by atoms with Crippen LogP contribution in [0.4, 0.5) is 5.69 Å². The Balaban J connectivity index is 3.01. The molecule has 70 valence electrons. The van der Waals surface area contributed by atoms with E-state index in [0.29, 0.717) is 29.5 Å². The molecule has 1 aromatic carbocycles. The molecule has 0 bridgehead atoms. The van der Waals surface area contributed by atoms with Gasteiger partial charge in [-0.25, -0.2) is 0 Å². The van der Waals surface area contributed by atoms with E-state index in [1.807, 2.05) is 6.92 Å². The van der Waals surface area contributed by atoms with Crippen molar-refractivity contribution in [3.8, 4) is 5.75 Å². The first kappa shape index (κ1) is 9.86. The van der Waals surface area contributed by atoms with Gasteiger partial charge in [0.15, 0.2) is 5.75 Å². The fraction of sp³-hybridized carbons (Fsp3) is 0.222. The van der Waals surface area contributed by atoms with Gasteiger partial charge in [0.05, 0.1) is 17.3 Å². The average Bonchev–Trinajstić information content (AvgIpc) is 2.11. The van der Waals surface area contributed by atoms with E-state index >= 15 is 0 Å². The maximum atomic E-state index is 10.2. The Bertz CT molecular complexity index is 302. The van der Waals surface area contributed by atoms with Gasteiger partial charge in [-0.05, 0) is 19.1 Å². The highest BCUT2D eigenvalue weighted by atomic mass is 35.5. The summed E-state index contributed by atoms with van der Waals surface area (Å²) in [5, 5.41) is 3.01. The van der Waals surface area contributed by atoms with Crippen molar-refractivity contribution in [3.63, 3.8) is 0 Å². The first-order valence-corrected chi connectivity index (χ1v) is 4.29. The zero-order valence-electron chi connectivity index (χ0n) is 7.21. The molecule has 0 aliphatic heterocycles. The lowest BCUT2D eigenvalue weighted by Crippen LogP contribution is -2.00. The van der Waals surface area contributed by atoms with Crippen LogP contribution in [0.1, 0.15) is 6.92 Å². The Morgan fingerprint density at radius 2 is 2.38 bits per heavy atom. The maximum absolute atomic E-state index is 10.2. The molecule has 4 heteroatoms.